The van der Waals surface area contributed by atoms with E-state index in [1.54, 1.807) is 7.05 Å². The van der Waals surface area contributed by atoms with Crippen molar-refractivity contribution in [3.63, 3.8) is 0 Å². The fraction of sp³-hybridized carbons (Fsp3) is 0.800. The van der Waals surface area contributed by atoms with Crippen molar-refractivity contribution in [2.45, 2.75) is 38.1 Å². The average Bonchev–Trinajstić information content (AvgIpc) is 2.27. The minimum atomic E-state index is -0.0530. The van der Waals surface area contributed by atoms with Crippen molar-refractivity contribution in [3.05, 3.63) is 0 Å². The van der Waals surface area contributed by atoms with Gasteiger partial charge in [-0.1, -0.05) is 19.3 Å². The van der Waals surface area contributed by atoms with Crippen molar-refractivity contribution in [2.75, 3.05) is 13.6 Å². The van der Waals surface area contributed by atoms with Gasteiger partial charge in [0.25, 0.3) is 0 Å². The molecule has 1 aliphatic carbocycles. The Hall–Kier alpha value is -0.840. The highest BCUT2D eigenvalue weighted by Gasteiger charge is 2.13. The summed E-state index contributed by atoms with van der Waals surface area (Å²) in [6.45, 7) is 0.245. The molecule has 0 aromatic rings. The number of hydrogen-bond acceptors (Lipinski definition) is 2. The molecule has 0 unspecified atom stereocenters. The van der Waals surface area contributed by atoms with E-state index in [2.05, 4.69) is 16.0 Å². The first-order chi connectivity index (χ1) is 7.22. The van der Waals surface area contributed by atoms with Crippen LogP contribution >= 0.6 is 12.2 Å². The number of hydrogen-bond donors (Lipinski definition) is 3. The van der Waals surface area contributed by atoms with Gasteiger partial charge in [0, 0.05) is 13.1 Å². The van der Waals surface area contributed by atoms with Crippen molar-refractivity contribution < 1.29 is 4.79 Å². The third-order valence-electron chi connectivity index (χ3n) is 2.63. The van der Waals surface area contributed by atoms with E-state index in [-0.39, 0.29) is 12.5 Å². The van der Waals surface area contributed by atoms with Gasteiger partial charge in [0.05, 0.1) is 6.54 Å². The second kappa shape index (κ2) is 6.61. The monoisotopic (exact) mass is 229 g/mol. The second-order valence-corrected chi connectivity index (χ2v) is 4.24. The van der Waals surface area contributed by atoms with Crippen molar-refractivity contribution in [1.29, 1.82) is 0 Å². The third-order valence-corrected chi connectivity index (χ3v) is 2.89. The van der Waals surface area contributed by atoms with Gasteiger partial charge in [-0.3, -0.25) is 4.79 Å². The lowest BCUT2D eigenvalue weighted by Gasteiger charge is -2.24. The Labute approximate surface area is 96.2 Å². The Morgan fingerprint density at radius 3 is 2.60 bits per heavy atom. The van der Waals surface area contributed by atoms with E-state index in [1.807, 2.05) is 0 Å². The lowest BCUT2D eigenvalue weighted by molar-refractivity contribution is -0.119. The van der Waals surface area contributed by atoms with Gasteiger partial charge in [-0.2, -0.15) is 0 Å². The molecule has 1 aliphatic rings. The van der Waals surface area contributed by atoms with Crippen LogP contribution in [0.25, 0.3) is 0 Å². The molecule has 0 aliphatic heterocycles. The molecule has 0 aromatic carbocycles. The Kier molecular flexibility index (Phi) is 5.39. The minimum Gasteiger partial charge on any atom is -0.360 e. The number of nitrogens with one attached hydrogen (secondary N) is 3. The average molecular weight is 229 g/mol. The van der Waals surface area contributed by atoms with Gasteiger partial charge in [0.1, 0.15) is 0 Å². The molecule has 1 saturated carbocycles. The fourth-order valence-corrected chi connectivity index (χ4v) is 1.97. The number of likely N-dealkylation sites (N-methyl/N-ethyl adjacent to an activating group) is 1. The van der Waals surface area contributed by atoms with E-state index in [4.69, 9.17) is 12.2 Å². The van der Waals surface area contributed by atoms with Crippen LogP contribution < -0.4 is 16.0 Å². The van der Waals surface area contributed by atoms with E-state index in [9.17, 15) is 4.79 Å². The summed E-state index contributed by atoms with van der Waals surface area (Å²) in [5.74, 6) is -0.0530. The van der Waals surface area contributed by atoms with E-state index < -0.39 is 0 Å². The molecule has 5 heteroatoms. The second-order valence-electron chi connectivity index (χ2n) is 3.84. The van der Waals surface area contributed by atoms with E-state index >= 15 is 0 Å². The summed E-state index contributed by atoms with van der Waals surface area (Å²) in [6.07, 6.45) is 6.24. The van der Waals surface area contributed by atoms with Crippen LogP contribution in [0.4, 0.5) is 0 Å². The first-order valence-electron chi connectivity index (χ1n) is 5.47. The topological polar surface area (TPSA) is 53.2 Å². The van der Waals surface area contributed by atoms with Gasteiger partial charge in [0.2, 0.25) is 5.91 Å². The summed E-state index contributed by atoms with van der Waals surface area (Å²) in [6, 6.07) is 0.489. The molecular formula is C10H19N3OS. The molecular weight excluding hydrogens is 210 g/mol. The lowest BCUT2D eigenvalue weighted by atomic mass is 9.96. The maximum atomic E-state index is 10.9. The summed E-state index contributed by atoms with van der Waals surface area (Å²) >= 11 is 5.10. The van der Waals surface area contributed by atoms with Crippen LogP contribution in [-0.4, -0.2) is 30.7 Å². The van der Waals surface area contributed by atoms with Crippen LogP contribution in [0, 0.1) is 0 Å². The molecule has 86 valence electrons. The first-order valence-corrected chi connectivity index (χ1v) is 5.88. The van der Waals surface area contributed by atoms with Gasteiger partial charge in [-0.25, -0.2) is 0 Å². The molecule has 1 fully saturated rings. The van der Waals surface area contributed by atoms with Gasteiger partial charge in [-0.05, 0) is 25.1 Å². The zero-order valence-electron chi connectivity index (χ0n) is 9.14. The molecule has 0 bridgehead atoms. The molecule has 0 spiro atoms. The molecule has 4 nitrogen and oxygen atoms in total. The fourth-order valence-electron chi connectivity index (χ4n) is 1.73. The molecule has 1 rings (SSSR count). The molecule has 1 amide bonds. The van der Waals surface area contributed by atoms with Crippen molar-refractivity contribution >= 4 is 23.2 Å². The summed E-state index contributed by atoms with van der Waals surface area (Å²) in [4.78, 5) is 10.9. The number of carbonyl (C=O) groups excluding carboxylic acids is 1. The highest BCUT2D eigenvalue weighted by atomic mass is 32.1. The zero-order valence-corrected chi connectivity index (χ0v) is 9.95. The van der Waals surface area contributed by atoms with E-state index in [0.717, 1.165) is 0 Å². The van der Waals surface area contributed by atoms with Crippen molar-refractivity contribution in [1.82, 2.24) is 16.0 Å². The number of carbonyl (C=O) groups is 1. The number of amides is 1. The van der Waals surface area contributed by atoms with Crippen LogP contribution in [0.1, 0.15) is 32.1 Å². The van der Waals surface area contributed by atoms with E-state index in [0.29, 0.717) is 11.2 Å². The van der Waals surface area contributed by atoms with Crippen molar-refractivity contribution in [2.24, 2.45) is 0 Å². The Balaban J connectivity index is 2.14. The summed E-state index contributed by atoms with van der Waals surface area (Å²) in [5.41, 5.74) is 0. The molecule has 0 aromatic heterocycles. The minimum absolute atomic E-state index is 0.0530. The first kappa shape index (κ1) is 12.2. The molecule has 0 saturated heterocycles. The Morgan fingerprint density at radius 2 is 2.00 bits per heavy atom. The summed E-state index contributed by atoms with van der Waals surface area (Å²) in [7, 11) is 1.61. The largest absolute Gasteiger partial charge is 0.360 e. The van der Waals surface area contributed by atoms with Crippen molar-refractivity contribution in [3.8, 4) is 0 Å². The standard InChI is InChI=1S/C10H19N3OS/c1-11-9(14)7-12-10(15)13-8-5-3-2-4-6-8/h8H,2-7H2,1H3,(H,11,14)(H2,12,13,15). The summed E-state index contributed by atoms with van der Waals surface area (Å²) in [5, 5.41) is 9.25. The lowest BCUT2D eigenvalue weighted by Crippen LogP contribution is -2.45. The maximum absolute atomic E-state index is 10.9. The van der Waals surface area contributed by atoms with Crippen LogP contribution in [-0.2, 0) is 4.79 Å². The highest BCUT2D eigenvalue weighted by molar-refractivity contribution is 7.80. The Morgan fingerprint density at radius 1 is 1.33 bits per heavy atom. The number of rotatable bonds is 3. The Bertz CT molecular complexity index is 227. The van der Waals surface area contributed by atoms with Gasteiger partial charge >= 0.3 is 0 Å². The third kappa shape index (κ3) is 4.97. The predicted molar refractivity (Wildman–Crippen MR) is 64.7 cm³/mol. The molecule has 3 N–H and O–H groups in total. The van der Waals surface area contributed by atoms with Crippen LogP contribution in [0.3, 0.4) is 0 Å². The quantitative estimate of drug-likeness (QED) is 0.618. The normalized spacial score (nSPS) is 16.9. The molecule has 15 heavy (non-hydrogen) atoms. The molecule has 0 heterocycles. The van der Waals surface area contributed by atoms with Gasteiger partial charge in [0.15, 0.2) is 5.11 Å². The molecule has 0 radical (unpaired) electrons. The highest BCUT2D eigenvalue weighted by Crippen LogP contribution is 2.16. The molecule has 0 atom stereocenters. The van der Waals surface area contributed by atoms with Crippen LogP contribution in [0.5, 0.6) is 0 Å². The summed E-state index contributed by atoms with van der Waals surface area (Å²) < 4.78 is 0. The number of thiocarbonyl (C=S) groups is 1. The van der Waals surface area contributed by atoms with Crippen LogP contribution in [0.15, 0.2) is 0 Å². The van der Waals surface area contributed by atoms with E-state index in [1.165, 1.54) is 32.1 Å². The van der Waals surface area contributed by atoms with Crippen LogP contribution in [0.2, 0.25) is 0 Å². The predicted octanol–water partition coefficient (Wildman–Crippen LogP) is 0.529. The maximum Gasteiger partial charge on any atom is 0.239 e. The SMILES string of the molecule is CNC(=O)CNC(=S)NC1CCCCC1. The van der Waals surface area contributed by atoms with Gasteiger partial charge in [-0.15, -0.1) is 0 Å². The van der Waals surface area contributed by atoms with Gasteiger partial charge < -0.3 is 16.0 Å². The smallest absolute Gasteiger partial charge is 0.239 e. The zero-order chi connectivity index (χ0) is 11.1.